The van der Waals surface area contributed by atoms with Crippen LogP contribution in [0.2, 0.25) is 5.02 Å². The Balaban J connectivity index is 1.51. The molecule has 1 heterocycles. The van der Waals surface area contributed by atoms with E-state index in [9.17, 15) is 4.79 Å². The first kappa shape index (κ1) is 26.2. The molecule has 0 aliphatic rings. The minimum absolute atomic E-state index is 0.0974. The molecule has 4 aromatic rings. The van der Waals surface area contributed by atoms with E-state index in [1.807, 2.05) is 79.1 Å². The van der Waals surface area contributed by atoms with Crippen molar-refractivity contribution in [2.24, 2.45) is 5.10 Å². The van der Waals surface area contributed by atoms with Gasteiger partial charge in [-0.25, -0.2) is 5.43 Å². The van der Waals surface area contributed by atoms with Gasteiger partial charge in [0.05, 0.1) is 25.2 Å². The maximum atomic E-state index is 12.5. The van der Waals surface area contributed by atoms with E-state index >= 15 is 0 Å². The quantitative estimate of drug-likeness (QED) is 0.152. The predicted molar refractivity (Wildman–Crippen MR) is 147 cm³/mol. The zero-order valence-electron chi connectivity index (χ0n) is 20.4. The number of halogens is 1. The van der Waals surface area contributed by atoms with Gasteiger partial charge in [0.25, 0.3) is 5.91 Å². The summed E-state index contributed by atoms with van der Waals surface area (Å²) in [5.41, 5.74) is 5.03. The molecule has 8 nitrogen and oxygen atoms in total. The summed E-state index contributed by atoms with van der Waals surface area (Å²) in [6.45, 7) is 4.98. The number of nitrogens with one attached hydrogen (secondary N) is 1. The number of aromatic nitrogens is 3. The van der Waals surface area contributed by atoms with Crippen molar-refractivity contribution in [2.45, 2.75) is 19.0 Å². The highest BCUT2D eigenvalue weighted by Crippen LogP contribution is 2.29. The molecule has 1 aromatic heterocycles. The van der Waals surface area contributed by atoms with Gasteiger partial charge in [-0.05, 0) is 74.5 Å². The molecule has 0 spiro atoms. The van der Waals surface area contributed by atoms with Gasteiger partial charge in [-0.3, -0.25) is 9.36 Å². The van der Waals surface area contributed by atoms with Gasteiger partial charge in [-0.15, -0.1) is 10.2 Å². The zero-order chi connectivity index (χ0) is 26.0. The summed E-state index contributed by atoms with van der Waals surface area (Å²) in [4.78, 5) is 12.5. The van der Waals surface area contributed by atoms with Crippen LogP contribution < -0.4 is 14.9 Å². The van der Waals surface area contributed by atoms with E-state index in [4.69, 9.17) is 21.1 Å². The molecule has 37 heavy (non-hydrogen) atoms. The van der Waals surface area contributed by atoms with E-state index < -0.39 is 0 Å². The second kappa shape index (κ2) is 12.9. The molecule has 0 radical (unpaired) electrons. The van der Waals surface area contributed by atoms with Crippen LogP contribution in [0.3, 0.4) is 0 Å². The number of nitrogens with zero attached hydrogens (tertiary/aromatic N) is 4. The molecule has 0 fully saturated rings. The first-order chi connectivity index (χ1) is 18.1. The average Bonchev–Trinajstić information content (AvgIpc) is 3.33. The summed E-state index contributed by atoms with van der Waals surface area (Å²) < 4.78 is 13.1. The monoisotopic (exact) mass is 535 g/mol. The van der Waals surface area contributed by atoms with Crippen LogP contribution in [0.25, 0.3) is 17.1 Å². The number of rotatable bonds is 11. The fourth-order valence-corrected chi connectivity index (χ4v) is 4.32. The zero-order valence-corrected chi connectivity index (χ0v) is 22.0. The first-order valence-electron chi connectivity index (χ1n) is 11.7. The normalized spacial score (nSPS) is 11.0. The molecule has 0 unspecified atom stereocenters. The Morgan fingerprint density at radius 3 is 2.46 bits per heavy atom. The molecule has 0 saturated carbocycles. The van der Waals surface area contributed by atoms with Crippen molar-refractivity contribution < 1.29 is 14.3 Å². The number of carbonyl (C=O) groups is 1. The third kappa shape index (κ3) is 6.90. The lowest BCUT2D eigenvalue weighted by Gasteiger charge is -2.11. The van der Waals surface area contributed by atoms with Crippen LogP contribution in [-0.4, -0.2) is 45.9 Å². The smallest absolute Gasteiger partial charge is 0.250 e. The van der Waals surface area contributed by atoms with Crippen molar-refractivity contribution in [3.05, 3.63) is 83.4 Å². The number of hydrogen-bond donors (Lipinski definition) is 1. The van der Waals surface area contributed by atoms with E-state index in [-0.39, 0.29) is 11.7 Å². The second-order valence-electron chi connectivity index (χ2n) is 7.63. The number of hydrogen-bond acceptors (Lipinski definition) is 7. The number of ether oxygens (including phenoxy) is 2. The summed E-state index contributed by atoms with van der Waals surface area (Å²) in [6, 6.07) is 22.5. The van der Waals surface area contributed by atoms with Gasteiger partial charge < -0.3 is 9.47 Å². The highest BCUT2D eigenvalue weighted by molar-refractivity contribution is 7.99. The highest BCUT2D eigenvalue weighted by Gasteiger charge is 2.17. The number of thioether (sulfide) groups is 1. The van der Waals surface area contributed by atoms with Crippen molar-refractivity contribution in [1.29, 1.82) is 0 Å². The number of carbonyl (C=O) groups excluding carboxylic acids is 1. The Morgan fingerprint density at radius 1 is 1.00 bits per heavy atom. The largest absolute Gasteiger partial charge is 0.494 e. The predicted octanol–water partition coefficient (Wildman–Crippen LogP) is 5.63. The Hall–Kier alpha value is -3.82. The van der Waals surface area contributed by atoms with E-state index in [0.29, 0.717) is 35.0 Å². The van der Waals surface area contributed by atoms with Crippen molar-refractivity contribution in [1.82, 2.24) is 20.2 Å². The Labute approximate surface area is 224 Å². The van der Waals surface area contributed by atoms with E-state index in [0.717, 1.165) is 22.6 Å². The van der Waals surface area contributed by atoms with Crippen LogP contribution in [0.1, 0.15) is 19.4 Å². The van der Waals surface area contributed by atoms with Gasteiger partial charge in [0, 0.05) is 21.8 Å². The van der Waals surface area contributed by atoms with Crippen LogP contribution in [0.5, 0.6) is 11.5 Å². The number of hydrazone groups is 1. The van der Waals surface area contributed by atoms with Crippen molar-refractivity contribution in [2.75, 3.05) is 19.0 Å². The van der Waals surface area contributed by atoms with Crippen molar-refractivity contribution in [3.63, 3.8) is 0 Å². The molecule has 4 rings (SSSR count). The fourth-order valence-electron chi connectivity index (χ4n) is 3.45. The average molecular weight is 536 g/mol. The number of amides is 1. The molecular weight excluding hydrogens is 510 g/mol. The topological polar surface area (TPSA) is 90.6 Å². The van der Waals surface area contributed by atoms with Crippen LogP contribution >= 0.6 is 23.4 Å². The number of benzene rings is 3. The van der Waals surface area contributed by atoms with Gasteiger partial charge in [0.15, 0.2) is 11.0 Å². The minimum atomic E-state index is -0.274. The van der Waals surface area contributed by atoms with Crippen LogP contribution in [-0.2, 0) is 4.79 Å². The van der Waals surface area contributed by atoms with E-state index in [1.54, 1.807) is 18.3 Å². The van der Waals surface area contributed by atoms with Crippen LogP contribution in [0.4, 0.5) is 0 Å². The first-order valence-corrected chi connectivity index (χ1v) is 13.1. The maximum absolute atomic E-state index is 12.5. The molecule has 1 amide bonds. The lowest BCUT2D eigenvalue weighted by Crippen LogP contribution is -2.20. The molecule has 3 aromatic carbocycles. The molecule has 0 saturated heterocycles. The third-order valence-corrected chi connectivity index (χ3v) is 6.27. The standard InChI is InChI=1S/C27H26ClN5O3S/c1-3-35-23-15-13-22(14-16-23)33-26(19-9-11-21(28)12-10-19)31-32-27(33)37-18-25(34)30-29-17-20-7-5-6-8-24(20)36-4-2/h5-17H,3-4,18H2,1-2H3,(H,30,34)/b29-17+. The SMILES string of the molecule is CCOc1ccc(-n2c(SCC(=O)N/N=C/c3ccccc3OCC)nnc2-c2ccc(Cl)cc2)cc1. The van der Waals surface area contributed by atoms with Gasteiger partial charge >= 0.3 is 0 Å². The molecule has 1 N–H and O–H groups in total. The number of para-hydroxylation sites is 1. The summed E-state index contributed by atoms with van der Waals surface area (Å²) in [6.07, 6.45) is 1.56. The molecular formula is C27H26ClN5O3S. The molecule has 0 bridgehead atoms. The summed E-state index contributed by atoms with van der Waals surface area (Å²) in [7, 11) is 0. The van der Waals surface area contributed by atoms with Gasteiger partial charge in [-0.1, -0.05) is 35.5 Å². The fraction of sp³-hybridized carbons (Fsp3) is 0.185. The lowest BCUT2D eigenvalue weighted by atomic mass is 10.2. The highest BCUT2D eigenvalue weighted by atomic mass is 35.5. The summed E-state index contributed by atoms with van der Waals surface area (Å²) >= 11 is 7.34. The maximum Gasteiger partial charge on any atom is 0.250 e. The Kier molecular flexibility index (Phi) is 9.18. The minimum Gasteiger partial charge on any atom is -0.494 e. The Morgan fingerprint density at radius 2 is 1.73 bits per heavy atom. The van der Waals surface area contributed by atoms with Crippen molar-refractivity contribution >= 4 is 35.5 Å². The van der Waals surface area contributed by atoms with Gasteiger partial charge in [0.2, 0.25) is 0 Å². The molecule has 0 aliphatic heterocycles. The van der Waals surface area contributed by atoms with E-state index in [2.05, 4.69) is 20.7 Å². The molecule has 190 valence electrons. The lowest BCUT2D eigenvalue weighted by molar-refractivity contribution is -0.118. The van der Waals surface area contributed by atoms with Gasteiger partial charge in [-0.2, -0.15) is 5.10 Å². The summed E-state index contributed by atoms with van der Waals surface area (Å²) in [5.74, 6) is 1.93. The summed E-state index contributed by atoms with van der Waals surface area (Å²) in [5, 5.41) is 14.0. The second-order valence-corrected chi connectivity index (χ2v) is 9.01. The van der Waals surface area contributed by atoms with Crippen LogP contribution in [0.15, 0.2) is 83.1 Å². The molecule has 0 aliphatic carbocycles. The van der Waals surface area contributed by atoms with E-state index in [1.165, 1.54) is 11.8 Å². The van der Waals surface area contributed by atoms with Gasteiger partial charge in [0.1, 0.15) is 11.5 Å². The van der Waals surface area contributed by atoms with Crippen molar-refractivity contribution in [3.8, 4) is 28.6 Å². The van der Waals surface area contributed by atoms with Crippen LogP contribution in [0, 0.1) is 0 Å². The Bertz CT molecular complexity index is 1360. The third-order valence-electron chi connectivity index (χ3n) is 5.09. The molecule has 0 atom stereocenters. The molecule has 10 heteroatoms.